The summed E-state index contributed by atoms with van der Waals surface area (Å²) in [5, 5.41) is -0.286. The van der Waals surface area contributed by atoms with Crippen LogP contribution in [0, 0.1) is 0 Å². The Morgan fingerprint density at radius 3 is 2.22 bits per heavy atom. The van der Waals surface area contributed by atoms with Crippen molar-refractivity contribution in [3.8, 4) is 0 Å². The number of nitrogens with zero attached hydrogens (tertiary/aromatic N) is 1. The van der Waals surface area contributed by atoms with E-state index < -0.39 is 9.84 Å². The van der Waals surface area contributed by atoms with E-state index in [1.165, 1.54) is 19.3 Å². The summed E-state index contributed by atoms with van der Waals surface area (Å²) in [5.41, 5.74) is 5.98. The molecule has 0 aromatic heterocycles. The lowest BCUT2D eigenvalue weighted by molar-refractivity contribution is 0.0887. The molecular weight excluding hydrogens is 248 g/mol. The molecule has 4 nitrogen and oxygen atoms in total. The van der Waals surface area contributed by atoms with Crippen LogP contribution in [0.25, 0.3) is 0 Å². The van der Waals surface area contributed by atoms with Gasteiger partial charge in [0.2, 0.25) is 0 Å². The molecule has 0 bridgehead atoms. The van der Waals surface area contributed by atoms with Gasteiger partial charge in [-0.1, -0.05) is 19.3 Å². The zero-order valence-electron chi connectivity index (χ0n) is 12.0. The molecule has 0 spiro atoms. The molecule has 0 radical (unpaired) electrons. The van der Waals surface area contributed by atoms with Crippen LogP contribution in [0.5, 0.6) is 0 Å². The van der Waals surface area contributed by atoms with Gasteiger partial charge in [0.25, 0.3) is 0 Å². The van der Waals surface area contributed by atoms with Gasteiger partial charge in [-0.05, 0) is 33.7 Å². The summed E-state index contributed by atoms with van der Waals surface area (Å²) in [4.78, 5) is 2.19. The fourth-order valence-electron chi connectivity index (χ4n) is 2.69. The van der Waals surface area contributed by atoms with E-state index in [2.05, 4.69) is 4.90 Å². The van der Waals surface area contributed by atoms with Crippen molar-refractivity contribution < 1.29 is 8.42 Å². The maximum Gasteiger partial charge on any atom is 0.153 e. The van der Waals surface area contributed by atoms with Gasteiger partial charge in [-0.3, -0.25) is 4.90 Å². The van der Waals surface area contributed by atoms with Crippen LogP contribution < -0.4 is 5.73 Å². The van der Waals surface area contributed by atoms with Crippen LogP contribution in [0.3, 0.4) is 0 Å². The minimum Gasteiger partial charge on any atom is -0.329 e. The molecule has 0 heterocycles. The Kier molecular flexibility index (Phi) is 5.62. The zero-order chi connectivity index (χ0) is 13.8. The standard InChI is InChI=1S/C13H28N2O2S/c1-12(2)18(16,17)10-9-15(3)13(11-14)7-5-4-6-8-13/h12H,4-11,14H2,1-3H3. The Morgan fingerprint density at radius 2 is 1.78 bits per heavy atom. The molecule has 108 valence electrons. The van der Waals surface area contributed by atoms with Crippen molar-refractivity contribution in [2.45, 2.75) is 56.7 Å². The van der Waals surface area contributed by atoms with Gasteiger partial charge in [0.15, 0.2) is 9.84 Å². The van der Waals surface area contributed by atoms with Crippen LogP contribution in [-0.4, -0.2) is 50.0 Å². The molecule has 2 N–H and O–H groups in total. The first kappa shape index (κ1) is 15.9. The predicted octanol–water partition coefficient (Wildman–Crippen LogP) is 1.40. The number of nitrogens with two attached hydrogens (primary N) is 1. The van der Waals surface area contributed by atoms with Crippen molar-refractivity contribution in [1.29, 1.82) is 0 Å². The minimum atomic E-state index is -2.95. The molecule has 1 rings (SSSR count). The van der Waals surface area contributed by atoms with E-state index in [0.717, 1.165) is 12.8 Å². The van der Waals surface area contributed by atoms with Crippen LogP contribution in [0.4, 0.5) is 0 Å². The van der Waals surface area contributed by atoms with Crippen LogP contribution in [0.2, 0.25) is 0 Å². The highest BCUT2D eigenvalue weighted by atomic mass is 32.2. The third-order valence-electron chi connectivity index (χ3n) is 4.40. The third-order valence-corrected chi connectivity index (χ3v) is 6.59. The highest BCUT2D eigenvalue weighted by Crippen LogP contribution is 2.31. The number of likely N-dealkylation sites (N-methyl/N-ethyl adjacent to an activating group) is 1. The second-order valence-electron chi connectivity index (χ2n) is 5.83. The van der Waals surface area contributed by atoms with Gasteiger partial charge >= 0.3 is 0 Å². The van der Waals surface area contributed by atoms with Crippen LogP contribution >= 0.6 is 0 Å². The summed E-state index contributed by atoms with van der Waals surface area (Å²) in [5.74, 6) is 0.239. The van der Waals surface area contributed by atoms with Crippen LogP contribution in [-0.2, 0) is 9.84 Å². The summed E-state index contributed by atoms with van der Waals surface area (Å²) in [6.45, 7) is 4.71. The lowest BCUT2D eigenvalue weighted by atomic mass is 9.80. The maximum atomic E-state index is 11.9. The molecule has 1 aliphatic rings. The molecule has 0 aromatic rings. The molecule has 0 unspecified atom stereocenters. The molecule has 1 saturated carbocycles. The van der Waals surface area contributed by atoms with Gasteiger partial charge in [-0.25, -0.2) is 8.42 Å². The predicted molar refractivity (Wildman–Crippen MR) is 76.4 cm³/mol. The first-order chi connectivity index (χ1) is 8.34. The Morgan fingerprint density at radius 1 is 1.22 bits per heavy atom. The highest BCUT2D eigenvalue weighted by Gasteiger charge is 2.35. The quantitative estimate of drug-likeness (QED) is 0.796. The first-order valence-corrected chi connectivity index (χ1v) is 8.68. The van der Waals surface area contributed by atoms with E-state index in [4.69, 9.17) is 5.73 Å². The van der Waals surface area contributed by atoms with Crippen molar-refractivity contribution in [3.63, 3.8) is 0 Å². The van der Waals surface area contributed by atoms with Gasteiger partial charge in [0.05, 0.1) is 11.0 Å². The van der Waals surface area contributed by atoms with Crippen LogP contribution in [0.1, 0.15) is 46.0 Å². The largest absolute Gasteiger partial charge is 0.329 e. The normalized spacial score (nSPS) is 20.6. The summed E-state index contributed by atoms with van der Waals surface area (Å²) >= 11 is 0. The lowest BCUT2D eigenvalue weighted by Gasteiger charge is -2.44. The zero-order valence-corrected chi connectivity index (χ0v) is 12.8. The van der Waals surface area contributed by atoms with Gasteiger partial charge in [0.1, 0.15) is 0 Å². The average Bonchev–Trinajstić information content (AvgIpc) is 2.36. The molecule has 0 atom stereocenters. The van der Waals surface area contributed by atoms with Crippen molar-refractivity contribution in [3.05, 3.63) is 0 Å². The molecule has 5 heteroatoms. The Hall–Kier alpha value is -0.130. The molecule has 1 aliphatic carbocycles. The van der Waals surface area contributed by atoms with Gasteiger partial charge in [0, 0.05) is 18.6 Å². The van der Waals surface area contributed by atoms with Crippen LogP contribution in [0.15, 0.2) is 0 Å². The first-order valence-electron chi connectivity index (χ1n) is 6.97. The summed E-state index contributed by atoms with van der Waals surface area (Å²) in [7, 11) is -0.928. The Labute approximate surface area is 112 Å². The van der Waals surface area contributed by atoms with E-state index in [0.29, 0.717) is 13.1 Å². The Bertz CT molecular complexity index is 346. The van der Waals surface area contributed by atoms with Crippen molar-refractivity contribution in [2.24, 2.45) is 5.73 Å². The van der Waals surface area contributed by atoms with Gasteiger partial charge in [-0.15, -0.1) is 0 Å². The van der Waals surface area contributed by atoms with Crippen molar-refractivity contribution in [1.82, 2.24) is 4.90 Å². The number of sulfone groups is 1. The summed E-state index contributed by atoms with van der Waals surface area (Å²) in [6, 6.07) is 0. The van der Waals surface area contributed by atoms with Crippen molar-refractivity contribution >= 4 is 9.84 Å². The lowest BCUT2D eigenvalue weighted by Crippen LogP contribution is -2.54. The fourth-order valence-corrected chi connectivity index (χ4v) is 3.69. The third kappa shape index (κ3) is 3.68. The molecule has 0 aromatic carbocycles. The molecule has 0 amide bonds. The fraction of sp³-hybridized carbons (Fsp3) is 1.00. The van der Waals surface area contributed by atoms with Gasteiger partial charge < -0.3 is 5.73 Å². The topological polar surface area (TPSA) is 63.4 Å². The summed E-state index contributed by atoms with van der Waals surface area (Å²) in [6.07, 6.45) is 5.89. The Balaban J connectivity index is 2.61. The molecule has 1 fully saturated rings. The number of hydrogen-bond acceptors (Lipinski definition) is 4. The van der Waals surface area contributed by atoms with E-state index in [-0.39, 0.29) is 16.5 Å². The second kappa shape index (κ2) is 6.35. The van der Waals surface area contributed by atoms with Gasteiger partial charge in [-0.2, -0.15) is 0 Å². The minimum absolute atomic E-state index is 0.0325. The van der Waals surface area contributed by atoms with E-state index in [1.54, 1.807) is 13.8 Å². The second-order valence-corrected chi connectivity index (χ2v) is 8.50. The van der Waals surface area contributed by atoms with E-state index in [1.807, 2.05) is 7.05 Å². The number of hydrogen-bond donors (Lipinski definition) is 1. The maximum absolute atomic E-state index is 11.9. The SMILES string of the molecule is CC(C)S(=O)(=O)CCN(C)C1(CN)CCCCC1. The molecular formula is C13H28N2O2S. The smallest absolute Gasteiger partial charge is 0.153 e. The average molecular weight is 276 g/mol. The summed E-state index contributed by atoms with van der Waals surface area (Å²) < 4.78 is 23.7. The monoisotopic (exact) mass is 276 g/mol. The van der Waals surface area contributed by atoms with Crippen molar-refractivity contribution in [2.75, 3.05) is 25.9 Å². The molecule has 18 heavy (non-hydrogen) atoms. The highest BCUT2D eigenvalue weighted by molar-refractivity contribution is 7.92. The molecule has 0 saturated heterocycles. The van der Waals surface area contributed by atoms with E-state index >= 15 is 0 Å². The number of rotatable bonds is 6. The molecule has 0 aliphatic heterocycles. The van der Waals surface area contributed by atoms with E-state index in [9.17, 15) is 8.42 Å².